The summed E-state index contributed by atoms with van der Waals surface area (Å²) in [6, 6.07) is 16.7. The van der Waals surface area contributed by atoms with Gasteiger partial charge in [-0.15, -0.1) is 0 Å². The monoisotopic (exact) mass is 297 g/mol. The lowest BCUT2D eigenvalue weighted by molar-refractivity contribution is 0.0856. The number of ether oxygens (including phenoxy) is 2. The number of hydrogen-bond donors (Lipinski definition) is 1. The molecule has 2 aromatic carbocycles. The van der Waals surface area contributed by atoms with Crippen LogP contribution in [-0.2, 0) is 4.74 Å². The first kappa shape index (κ1) is 14.6. The van der Waals surface area contributed by atoms with Crippen molar-refractivity contribution in [3.8, 4) is 11.5 Å². The number of hydrogen-bond acceptors (Lipinski definition) is 3. The lowest BCUT2D eigenvalue weighted by Crippen LogP contribution is -2.31. The molecule has 2 aromatic rings. The molecule has 1 amide bonds. The van der Waals surface area contributed by atoms with Gasteiger partial charge in [-0.05, 0) is 37.1 Å². The third-order valence-electron chi connectivity index (χ3n) is 3.62. The van der Waals surface area contributed by atoms with Gasteiger partial charge >= 0.3 is 0 Å². The molecule has 0 spiro atoms. The van der Waals surface area contributed by atoms with E-state index in [4.69, 9.17) is 9.47 Å². The van der Waals surface area contributed by atoms with E-state index >= 15 is 0 Å². The Bertz CT molecular complexity index is 621. The molecular formula is C18H19NO3. The summed E-state index contributed by atoms with van der Waals surface area (Å²) in [4.78, 5) is 12.4. The van der Waals surface area contributed by atoms with Gasteiger partial charge in [-0.1, -0.05) is 30.3 Å². The predicted octanol–water partition coefficient (Wildman–Crippen LogP) is 3.39. The van der Waals surface area contributed by atoms with Crippen molar-refractivity contribution in [2.24, 2.45) is 0 Å². The first-order valence-electron chi connectivity index (χ1n) is 7.54. The van der Waals surface area contributed by atoms with Crippen molar-refractivity contribution < 1.29 is 14.3 Å². The van der Waals surface area contributed by atoms with E-state index in [9.17, 15) is 4.79 Å². The minimum absolute atomic E-state index is 0.131. The van der Waals surface area contributed by atoms with Crippen LogP contribution in [0.4, 0.5) is 0 Å². The maximum absolute atomic E-state index is 12.4. The van der Waals surface area contributed by atoms with Crippen LogP contribution in [0.25, 0.3) is 0 Å². The summed E-state index contributed by atoms with van der Waals surface area (Å²) in [5.41, 5.74) is 0.532. The Morgan fingerprint density at radius 1 is 1.14 bits per heavy atom. The Morgan fingerprint density at radius 3 is 2.68 bits per heavy atom. The second-order valence-electron chi connectivity index (χ2n) is 5.26. The van der Waals surface area contributed by atoms with Crippen LogP contribution in [0.15, 0.2) is 54.6 Å². The fourth-order valence-electron chi connectivity index (χ4n) is 2.47. The molecule has 1 heterocycles. The van der Waals surface area contributed by atoms with E-state index in [-0.39, 0.29) is 12.0 Å². The number of nitrogens with one attached hydrogen (secondary N) is 1. The zero-order chi connectivity index (χ0) is 15.2. The topological polar surface area (TPSA) is 47.6 Å². The molecule has 0 radical (unpaired) electrons. The SMILES string of the molecule is O=C(NCC1CCCO1)c1ccccc1Oc1ccccc1. The number of carbonyl (C=O) groups excluding carboxylic acids is 1. The zero-order valence-electron chi connectivity index (χ0n) is 12.3. The second kappa shape index (κ2) is 7.09. The number of amides is 1. The first-order chi connectivity index (χ1) is 10.8. The highest BCUT2D eigenvalue weighted by atomic mass is 16.5. The van der Waals surface area contributed by atoms with Gasteiger partial charge in [0.25, 0.3) is 5.91 Å². The van der Waals surface area contributed by atoms with Crippen LogP contribution in [0.1, 0.15) is 23.2 Å². The van der Waals surface area contributed by atoms with Crippen LogP contribution >= 0.6 is 0 Å². The maximum Gasteiger partial charge on any atom is 0.255 e. The van der Waals surface area contributed by atoms with Gasteiger partial charge in [-0.3, -0.25) is 4.79 Å². The molecule has 1 atom stereocenters. The Kier molecular flexibility index (Phi) is 4.71. The number of carbonyl (C=O) groups is 1. The molecule has 114 valence electrons. The van der Waals surface area contributed by atoms with Crippen molar-refractivity contribution >= 4 is 5.91 Å². The summed E-state index contributed by atoms with van der Waals surface area (Å²) < 4.78 is 11.3. The Morgan fingerprint density at radius 2 is 1.91 bits per heavy atom. The van der Waals surface area contributed by atoms with Gasteiger partial charge in [0.2, 0.25) is 0 Å². The van der Waals surface area contributed by atoms with Crippen molar-refractivity contribution in [1.82, 2.24) is 5.32 Å². The van der Waals surface area contributed by atoms with Gasteiger partial charge in [0.1, 0.15) is 11.5 Å². The van der Waals surface area contributed by atoms with E-state index < -0.39 is 0 Å². The summed E-state index contributed by atoms with van der Waals surface area (Å²) in [5, 5.41) is 2.92. The average Bonchev–Trinajstić information content (AvgIpc) is 3.08. The highest BCUT2D eigenvalue weighted by Crippen LogP contribution is 2.25. The molecule has 1 unspecified atom stereocenters. The first-order valence-corrected chi connectivity index (χ1v) is 7.54. The molecule has 1 aliphatic rings. The van der Waals surface area contributed by atoms with Crippen LogP contribution in [0, 0.1) is 0 Å². The van der Waals surface area contributed by atoms with Gasteiger partial charge in [0.05, 0.1) is 11.7 Å². The molecule has 0 aromatic heterocycles. The minimum atomic E-state index is -0.137. The van der Waals surface area contributed by atoms with Gasteiger partial charge < -0.3 is 14.8 Å². The molecule has 0 bridgehead atoms. The summed E-state index contributed by atoms with van der Waals surface area (Å²) in [5.74, 6) is 1.13. The lowest BCUT2D eigenvalue weighted by Gasteiger charge is -2.13. The minimum Gasteiger partial charge on any atom is -0.457 e. The van der Waals surface area contributed by atoms with E-state index in [2.05, 4.69) is 5.32 Å². The lowest BCUT2D eigenvalue weighted by atomic mass is 10.1. The molecule has 1 N–H and O–H groups in total. The van der Waals surface area contributed by atoms with Gasteiger partial charge in [-0.25, -0.2) is 0 Å². The number of rotatable bonds is 5. The third kappa shape index (κ3) is 3.65. The zero-order valence-corrected chi connectivity index (χ0v) is 12.3. The summed E-state index contributed by atoms with van der Waals surface area (Å²) in [6.45, 7) is 1.33. The molecule has 0 aliphatic carbocycles. The highest BCUT2D eigenvalue weighted by molar-refractivity contribution is 5.97. The van der Waals surface area contributed by atoms with Gasteiger partial charge in [-0.2, -0.15) is 0 Å². The Hall–Kier alpha value is -2.33. The van der Waals surface area contributed by atoms with Crippen molar-refractivity contribution in [1.29, 1.82) is 0 Å². The van der Waals surface area contributed by atoms with Crippen molar-refractivity contribution in [2.75, 3.05) is 13.2 Å². The fraction of sp³-hybridized carbons (Fsp3) is 0.278. The smallest absolute Gasteiger partial charge is 0.255 e. The Balaban J connectivity index is 1.68. The normalized spacial score (nSPS) is 17.2. The molecule has 4 heteroatoms. The van der Waals surface area contributed by atoms with Crippen molar-refractivity contribution in [2.45, 2.75) is 18.9 Å². The average molecular weight is 297 g/mol. The van der Waals surface area contributed by atoms with Crippen molar-refractivity contribution in [3.05, 3.63) is 60.2 Å². The van der Waals surface area contributed by atoms with Gasteiger partial charge in [0.15, 0.2) is 0 Å². The van der Waals surface area contributed by atoms with Gasteiger partial charge in [0, 0.05) is 13.2 Å². The summed E-state index contributed by atoms with van der Waals surface area (Å²) >= 11 is 0. The molecule has 22 heavy (non-hydrogen) atoms. The summed E-state index contributed by atoms with van der Waals surface area (Å²) in [7, 11) is 0. The van der Waals surface area contributed by atoms with E-state index in [0.717, 1.165) is 19.4 Å². The molecule has 4 nitrogen and oxygen atoms in total. The standard InChI is InChI=1S/C18H19NO3/c20-18(19-13-15-9-6-12-21-15)16-10-4-5-11-17(16)22-14-7-2-1-3-8-14/h1-5,7-8,10-11,15H,6,9,12-13H2,(H,19,20). The number of benzene rings is 2. The fourth-order valence-corrected chi connectivity index (χ4v) is 2.47. The predicted molar refractivity (Wildman–Crippen MR) is 84.3 cm³/mol. The molecular weight excluding hydrogens is 278 g/mol. The highest BCUT2D eigenvalue weighted by Gasteiger charge is 2.18. The third-order valence-corrected chi connectivity index (χ3v) is 3.62. The second-order valence-corrected chi connectivity index (χ2v) is 5.26. The molecule has 1 fully saturated rings. The van der Waals surface area contributed by atoms with E-state index in [1.807, 2.05) is 42.5 Å². The van der Waals surface area contributed by atoms with E-state index in [1.165, 1.54) is 0 Å². The van der Waals surface area contributed by atoms with Crippen LogP contribution < -0.4 is 10.1 Å². The van der Waals surface area contributed by atoms with E-state index in [0.29, 0.717) is 23.6 Å². The quantitative estimate of drug-likeness (QED) is 0.920. The molecule has 1 saturated heterocycles. The maximum atomic E-state index is 12.4. The van der Waals surface area contributed by atoms with Crippen LogP contribution in [0.3, 0.4) is 0 Å². The summed E-state index contributed by atoms with van der Waals surface area (Å²) in [6.07, 6.45) is 2.20. The number of para-hydroxylation sites is 2. The van der Waals surface area contributed by atoms with Crippen LogP contribution in [0.5, 0.6) is 11.5 Å². The largest absolute Gasteiger partial charge is 0.457 e. The molecule has 1 aliphatic heterocycles. The van der Waals surface area contributed by atoms with Crippen molar-refractivity contribution in [3.63, 3.8) is 0 Å². The van der Waals surface area contributed by atoms with Crippen LogP contribution in [-0.4, -0.2) is 25.2 Å². The molecule has 3 rings (SSSR count). The van der Waals surface area contributed by atoms with E-state index in [1.54, 1.807) is 12.1 Å². The molecule has 0 saturated carbocycles. The van der Waals surface area contributed by atoms with Crippen LogP contribution in [0.2, 0.25) is 0 Å². The Labute approximate surface area is 130 Å².